The van der Waals surface area contributed by atoms with Crippen LogP contribution in [0.1, 0.15) is 17.4 Å². The van der Waals surface area contributed by atoms with Gasteiger partial charge in [-0.25, -0.2) is 22.2 Å². The molecule has 5 aromatic rings. The number of aromatic nitrogens is 4. The molecule has 0 saturated heterocycles. The largest absolute Gasteiger partial charge is 0.508 e. The minimum Gasteiger partial charge on any atom is -0.508 e. The second-order valence-corrected chi connectivity index (χ2v) is 11.2. The van der Waals surface area contributed by atoms with Gasteiger partial charge in [0.25, 0.3) is 5.56 Å². The summed E-state index contributed by atoms with van der Waals surface area (Å²) in [5, 5.41) is 14.8. The smallest absolute Gasteiger partial charge is 0.266 e. The highest BCUT2D eigenvalue weighted by Crippen LogP contribution is 2.35. The summed E-state index contributed by atoms with van der Waals surface area (Å²) in [5.74, 6) is -1.73. The number of fused-ring (bicyclic) bond motifs is 2. The highest BCUT2D eigenvalue weighted by Gasteiger charge is 2.25. The van der Waals surface area contributed by atoms with Gasteiger partial charge in [0.15, 0.2) is 5.82 Å². The molecule has 5 rings (SSSR count). The first kappa shape index (κ1) is 26.5. The first-order valence-corrected chi connectivity index (χ1v) is 13.7. The van der Waals surface area contributed by atoms with Gasteiger partial charge in [-0.3, -0.25) is 18.8 Å². The Kier molecular flexibility index (Phi) is 6.53. The number of nitrogens with one attached hydrogen (secondary N) is 1. The van der Waals surface area contributed by atoms with Crippen molar-refractivity contribution in [3.8, 4) is 11.4 Å². The van der Waals surface area contributed by atoms with E-state index in [-0.39, 0.29) is 56.4 Å². The lowest BCUT2D eigenvalue weighted by molar-refractivity contribution is 0.476. The molecule has 2 aromatic heterocycles. The second-order valence-electron chi connectivity index (χ2n) is 9.04. The van der Waals surface area contributed by atoms with E-state index in [0.717, 1.165) is 24.5 Å². The number of halogens is 3. The van der Waals surface area contributed by atoms with E-state index in [1.165, 1.54) is 39.6 Å². The van der Waals surface area contributed by atoms with Gasteiger partial charge >= 0.3 is 0 Å². The molecule has 1 atom stereocenters. The number of anilines is 1. The lowest BCUT2D eigenvalue weighted by Crippen LogP contribution is -2.30. The van der Waals surface area contributed by atoms with E-state index >= 15 is 0 Å². The van der Waals surface area contributed by atoms with E-state index in [1.807, 2.05) is 0 Å². The molecule has 14 heteroatoms. The van der Waals surface area contributed by atoms with Crippen molar-refractivity contribution in [3.05, 3.63) is 86.9 Å². The lowest BCUT2D eigenvalue weighted by atomic mass is 10.0. The molecule has 0 amide bonds. The molecule has 4 N–H and O–H groups in total. The summed E-state index contributed by atoms with van der Waals surface area (Å²) in [5.41, 5.74) is 6.85. The molecule has 0 aliphatic heterocycles. The summed E-state index contributed by atoms with van der Waals surface area (Å²) in [6.07, 6.45) is 0.874. The van der Waals surface area contributed by atoms with Gasteiger partial charge in [0, 0.05) is 19.2 Å². The van der Waals surface area contributed by atoms with Crippen molar-refractivity contribution < 1.29 is 22.3 Å². The van der Waals surface area contributed by atoms with Crippen molar-refractivity contribution in [2.75, 3.05) is 11.0 Å². The van der Waals surface area contributed by atoms with E-state index in [4.69, 9.17) is 17.3 Å². The van der Waals surface area contributed by atoms with Crippen molar-refractivity contribution in [2.24, 2.45) is 12.8 Å². The quantitative estimate of drug-likeness (QED) is 0.281. The lowest BCUT2D eigenvalue weighted by Gasteiger charge is -2.20. The molecule has 0 aliphatic carbocycles. The van der Waals surface area contributed by atoms with Crippen LogP contribution in [0.5, 0.6) is 5.75 Å². The third-order valence-electron chi connectivity index (χ3n) is 6.03. The maximum atomic E-state index is 13.9. The summed E-state index contributed by atoms with van der Waals surface area (Å²) in [4.78, 5) is 18.4. The number of aryl methyl sites for hydroxylation is 1. The monoisotopic (exact) mass is 574 g/mol. The number of nitrogens with zero attached hydrogens (tertiary/aromatic N) is 4. The van der Waals surface area contributed by atoms with Gasteiger partial charge in [0.1, 0.15) is 23.2 Å². The maximum Gasteiger partial charge on any atom is 0.266 e. The fourth-order valence-electron chi connectivity index (χ4n) is 4.53. The minimum absolute atomic E-state index is 0.0187. The molecule has 0 saturated carbocycles. The molecule has 10 nitrogen and oxygen atoms in total. The molecule has 39 heavy (non-hydrogen) atoms. The number of benzene rings is 3. The van der Waals surface area contributed by atoms with Gasteiger partial charge in [-0.15, -0.1) is 0 Å². The molecule has 202 valence electrons. The highest BCUT2D eigenvalue weighted by atomic mass is 35.5. The average Bonchev–Trinajstić information content (AvgIpc) is 3.14. The van der Waals surface area contributed by atoms with Gasteiger partial charge in [0.05, 0.1) is 44.8 Å². The Morgan fingerprint density at radius 2 is 1.82 bits per heavy atom. The number of sulfonamides is 1. The zero-order valence-corrected chi connectivity index (χ0v) is 22.1. The molecule has 0 radical (unpaired) electrons. The van der Waals surface area contributed by atoms with Crippen LogP contribution in [0.2, 0.25) is 5.02 Å². The molecular formula is C25H21ClF2N6O4S. The van der Waals surface area contributed by atoms with E-state index in [1.54, 1.807) is 7.05 Å². The Bertz CT molecular complexity index is 1940. The Morgan fingerprint density at radius 3 is 2.49 bits per heavy atom. The third kappa shape index (κ3) is 5.03. The molecule has 1 unspecified atom stereocenters. The second kappa shape index (κ2) is 9.59. The van der Waals surface area contributed by atoms with Gasteiger partial charge < -0.3 is 10.8 Å². The summed E-state index contributed by atoms with van der Waals surface area (Å²) in [6, 6.07) is 8.99. The first-order chi connectivity index (χ1) is 18.3. The number of hydrogen-bond acceptors (Lipinski definition) is 7. The summed E-state index contributed by atoms with van der Waals surface area (Å²) < 4.78 is 56.6. The van der Waals surface area contributed by atoms with Gasteiger partial charge in [-0.2, -0.15) is 5.10 Å². The number of hydrogen-bond donors (Lipinski definition) is 3. The van der Waals surface area contributed by atoms with Gasteiger partial charge in [-0.05, 0) is 48.4 Å². The Labute approximate surface area is 225 Å². The number of phenols is 1. The number of aromatic hydroxyl groups is 1. The van der Waals surface area contributed by atoms with Crippen LogP contribution in [0.3, 0.4) is 0 Å². The Balaban J connectivity index is 1.81. The Hall–Kier alpha value is -4.07. The van der Waals surface area contributed by atoms with Gasteiger partial charge in [0.2, 0.25) is 10.0 Å². The molecular weight excluding hydrogens is 554 g/mol. The predicted octanol–water partition coefficient (Wildman–Crippen LogP) is 3.52. The SMILES string of the molecule is Cn1nc(NS(C)(=O)=O)c2c(Cl)ccc(-n3c(C(N)Cc4cc(F)cc(F)c4)nc4cc(O)ccc4c3=O)c21. The van der Waals surface area contributed by atoms with Crippen LogP contribution >= 0.6 is 11.6 Å². The number of rotatable bonds is 6. The topological polar surface area (TPSA) is 145 Å². The summed E-state index contributed by atoms with van der Waals surface area (Å²) in [6.45, 7) is 0. The van der Waals surface area contributed by atoms with Crippen LogP contribution in [0.25, 0.3) is 27.5 Å². The predicted molar refractivity (Wildman–Crippen MR) is 144 cm³/mol. The van der Waals surface area contributed by atoms with Crippen LogP contribution in [0.15, 0.2) is 53.3 Å². The van der Waals surface area contributed by atoms with Crippen LogP contribution in [-0.2, 0) is 23.5 Å². The van der Waals surface area contributed by atoms with Crippen LogP contribution in [0, 0.1) is 11.6 Å². The standard InChI is InChI=1S/C25H21ClF2N6O4S/c1-33-22-20(6-5-17(26)21(22)23(31-33)32-39(2,37)38)34-24(18(29)9-12-7-13(27)10-14(28)8-12)30-19-11-15(35)3-4-16(19)25(34)36/h3-8,10-11,18,35H,9,29H2,1-2H3,(H,31,32). The number of phenolic OH excluding ortho intramolecular Hbond substituents is 1. The van der Waals surface area contributed by atoms with Crippen LogP contribution in [-0.4, -0.2) is 39.1 Å². The van der Waals surface area contributed by atoms with Crippen molar-refractivity contribution in [1.82, 2.24) is 19.3 Å². The average molecular weight is 575 g/mol. The minimum atomic E-state index is -3.72. The van der Waals surface area contributed by atoms with E-state index < -0.39 is 33.3 Å². The Morgan fingerprint density at radius 1 is 1.13 bits per heavy atom. The van der Waals surface area contributed by atoms with E-state index in [2.05, 4.69) is 14.8 Å². The van der Waals surface area contributed by atoms with Crippen molar-refractivity contribution in [3.63, 3.8) is 0 Å². The summed E-state index contributed by atoms with van der Waals surface area (Å²) >= 11 is 6.44. The molecule has 2 heterocycles. The van der Waals surface area contributed by atoms with Crippen LogP contribution in [0.4, 0.5) is 14.6 Å². The molecule has 0 aliphatic rings. The molecule has 3 aromatic carbocycles. The van der Waals surface area contributed by atoms with Crippen molar-refractivity contribution >= 4 is 49.2 Å². The summed E-state index contributed by atoms with van der Waals surface area (Å²) in [7, 11) is -2.18. The normalized spacial score (nSPS) is 12.8. The zero-order chi connectivity index (χ0) is 28.2. The zero-order valence-electron chi connectivity index (χ0n) is 20.5. The van der Waals surface area contributed by atoms with Crippen molar-refractivity contribution in [1.29, 1.82) is 0 Å². The van der Waals surface area contributed by atoms with Crippen LogP contribution < -0.4 is 16.0 Å². The maximum absolute atomic E-state index is 13.9. The van der Waals surface area contributed by atoms with Gasteiger partial charge in [-0.1, -0.05) is 11.6 Å². The fraction of sp³-hybridized carbons (Fsp3) is 0.160. The molecule has 0 fully saturated rings. The fourth-order valence-corrected chi connectivity index (χ4v) is 5.27. The molecule has 0 spiro atoms. The van der Waals surface area contributed by atoms with Crippen molar-refractivity contribution in [2.45, 2.75) is 12.5 Å². The third-order valence-corrected chi connectivity index (χ3v) is 6.91. The van der Waals surface area contributed by atoms with E-state index in [9.17, 15) is 27.1 Å². The molecule has 0 bridgehead atoms. The number of nitrogens with two attached hydrogens (primary N) is 1. The first-order valence-electron chi connectivity index (χ1n) is 11.4. The van der Waals surface area contributed by atoms with E-state index in [0.29, 0.717) is 5.52 Å². The highest BCUT2D eigenvalue weighted by molar-refractivity contribution is 7.92.